The third-order valence-corrected chi connectivity index (χ3v) is 8.24. The molecule has 0 aliphatic rings. The molecule has 0 saturated heterocycles. The minimum Gasteiger partial charge on any atom is -0.0622 e. The zero-order valence-electron chi connectivity index (χ0n) is 22.0. The Hall–Kier alpha value is -5.20. The lowest BCUT2D eigenvalue weighted by Crippen LogP contribution is -1.92. The minimum absolute atomic E-state index is 1.23. The Kier molecular flexibility index (Phi) is 5.24. The summed E-state index contributed by atoms with van der Waals surface area (Å²) < 4.78 is 0. The average molecular weight is 507 g/mol. The molecule has 0 heterocycles. The van der Waals surface area contributed by atoms with Crippen molar-refractivity contribution < 1.29 is 0 Å². The summed E-state index contributed by atoms with van der Waals surface area (Å²) in [7, 11) is 0. The van der Waals surface area contributed by atoms with E-state index in [9.17, 15) is 0 Å². The van der Waals surface area contributed by atoms with E-state index >= 15 is 0 Å². The van der Waals surface area contributed by atoms with Crippen molar-refractivity contribution in [3.63, 3.8) is 0 Å². The van der Waals surface area contributed by atoms with Crippen LogP contribution in [-0.2, 0) is 0 Å². The van der Waals surface area contributed by atoms with Crippen LogP contribution in [0.5, 0.6) is 0 Å². The summed E-state index contributed by atoms with van der Waals surface area (Å²) in [6, 6.07) is 57.6. The van der Waals surface area contributed by atoms with Crippen molar-refractivity contribution in [3.05, 3.63) is 158 Å². The molecule has 0 aromatic heterocycles. The van der Waals surface area contributed by atoms with Crippen molar-refractivity contribution >= 4 is 43.1 Å². The lowest BCUT2D eigenvalue weighted by Gasteiger charge is -2.19. The van der Waals surface area contributed by atoms with E-state index in [0.29, 0.717) is 0 Å². The number of rotatable bonds is 3. The molecule has 0 radical (unpaired) electrons. The highest BCUT2D eigenvalue weighted by molar-refractivity contribution is 6.17. The third kappa shape index (κ3) is 3.61. The molecular formula is C40H26. The van der Waals surface area contributed by atoms with Crippen molar-refractivity contribution in [2.45, 2.75) is 0 Å². The molecule has 8 aromatic carbocycles. The highest BCUT2D eigenvalue weighted by Gasteiger charge is 2.18. The van der Waals surface area contributed by atoms with Crippen molar-refractivity contribution in [3.8, 4) is 33.4 Å². The molecule has 0 aliphatic carbocycles. The molecule has 186 valence electrons. The number of hydrogen-bond acceptors (Lipinski definition) is 0. The van der Waals surface area contributed by atoms with Crippen LogP contribution in [-0.4, -0.2) is 0 Å². The fourth-order valence-electron chi connectivity index (χ4n) is 6.37. The van der Waals surface area contributed by atoms with E-state index in [4.69, 9.17) is 0 Å². The van der Waals surface area contributed by atoms with Crippen LogP contribution in [0.4, 0.5) is 0 Å². The molecular weight excluding hydrogens is 480 g/mol. The quantitative estimate of drug-likeness (QED) is 0.165. The topological polar surface area (TPSA) is 0 Å². The summed E-state index contributed by atoms with van der Waals surface area (Å²) >= 11 is 0. The Morgan fingerprint density at radius 3 is 1.73 bits per heavy atom. The van der Waals surface area contributed by atoms with Gasteiger partial charge in [-0.2, -0.15) is 0 Å². The molecule has 0 aliphatic heterocycles. The van der Waals surface area contributed by atoms with Crippen molar-refractivity contribution in [1.29, 1.82) is 0 Å². The van der Waals surface area contributed by atoms with E-state index in [1.165, 1.54) is 76.5 Å². The molecule has 0 saturated carbocycles. The van der Waals surface area contributed by atoms with Crippen LogP contribution in [0.2, 0.25) is 0 Å². The maximum atomic E-state index is 2.38. The Bertz CT molecular complexity index is 2200. The van der Waals surface area contributed by atoms with Crippen LogP contribution in [0.3, 0.4) is 0 Å². The van der Waals surface area contributed by atoms with Gasteiger partial charge in [0.05, 0.1) is 0 Å². The molecule has 0 unspecified atom stereocenters. The largest absolute Gasteiger partial charge is 0.0622 e. The van der Waals surface area contributed by atoms with Crippen molar-refractivity contribution in [1.82, 2.24) is 0 Å². The average Bonchev–Trinajstić information content (AvgIpc) is 3.03. The van der Waals surface area contributed by atoms with Gasteiger partial charge in [-0.3, -0.25) is 0 Å². The molecule has 0 spiro atoms. The SMILES string of the molecule is c1ccc(-c2ccccc2-c2c(-c3cccc4c3ccc3ccccc34)ccc3cc4ccccc4cc23)cc1. The first-order chi connectivity index (χ1) is 19.8. The van der Waals surface area contributed by atoms with E-state index in [1.54, 1.807) is 0 Å². The van der Waals surface area contributed by atoms with Crippen LogP contribution in [0.25, 0.3) is 76.5 Å². The number of benzene rings is 8. The second kappa shape index (κ2) is 9.22. The maximum Gasteiger partial charge on any atom is -0.00201 e. The van der Waals surface area contributed by atoms with Crippen LogP contribution >= 0.6 is 0 Å². The molecule has 0 fully saturated rings. The molecule has 0 atom stereocenters. The van der Waals surface area contributed by atoms with Crippen LogP contribution in [0, 0.1) is 0 Å². The van der Waals surface area contributed by atoms with Crippen LogP contribution in [0.15, 0.2) is 158 Å². The normalized spacial score (nSPS) is 11.5. The van der Waals surface area contributed by atoms with Gasteiger partial charge in [-0.05, 0) is 88.6 Å². The Morgan fingerprint density at radius 1 is 0.250 bits per heavy atom. The third-order valence-electron chi connectivity index (χ3n) is 8.24. The van der Waals surface area contributed by atoms with E-state index in [0.717, 1.165) is 0 Å². The summed E-state index contributed by atoms with van der Waals surface area (Å²) in [5.41, 5.74) is 7.52. The molecule has 0 heteroatoms. The number of fused-ring (bicyclic) bond motifs is 5. The number of hydrogen-bond donors (Lipinski definition) is 0. The van der Waals surface area contributed by atoms with Gasteiger partial charge in [-0.25, -0.2) is 0 Å². The molecule has 8 aromatic rings. The standard InChI is InChI=1S/C40H26/c1-2-11-27(12-3-1)33-17-8-9-18-37(33)40-38(24-22-31-25-29-14-4-5-15-30(29)26-39(31)40)35-20-10-19-34-32-16-7-6-13-28(32)21-23-36(34)35/h1-26H. The van der Waals surface area contributed by atoms with E-state index < -0.39 is 0 Å². The summed E-state index contributed by atoms with van der Waals surface area (Å²) in [6.07, 6.45) is 0. The zero-order valence-corrected chi connectivity index (χ0v) is 22.0. The molecule has 0 bridgehead atoms. The summed E-state index contributed by atoms with van der Waals surface area (Å²) in [6.45, 7) is 0. The van der Waals surface area contributed by atoms with Gasteiger partial charge < -0.3 is 0 Å². The first-order valence-corrected chi connectivity index (χ1v) is 13.9. The Labute approximate surface area is 233 Å². The molecule has 0 nitrogen and oxygen atoms in total. The van der Waals surface area contributed by atoms with Gasteiger partial charge in [0.2, 0.25) is 0 Å². The summed E-state index contributed by atoms with van der Waals surface area (Å²) in [4.78, 5) is 0. The van der Waals surface area contributed by atoms with Crippen molar-refractivity contribution in [2.24, 2.45) is 0 Å². The van der Waals surface area contributed by atoms with Crippen molar-refractivity contribution in [2.75, 3.05) is 0 Å². The predicted molar refractivity (Wildman–Crippen MR) is 173 cm³/mol. The van der Waals surface area contributed by atoms with Gasteiger partial charge in [-0.1, -0.05) is 146 Å². The van der Waals surface area contributed by atoms with Gasteiger partial charge in [0.15, 0.2) is 0 Å². The second-order valence-electron chi connectivity index (χ2n) is 10.5. The fraction of sp³-hybridized carbons (Fsp3) is 0. The molecule has 0 amide bonds. The zero-order chi connectivity index (χ0) is 26.5. The van der Waals surface area contributed by atoms with E-state index in [2.05, 4.69) is 158 Å². The van der Waals surface area contributed by atoms with Gasteiger partial charge in [-0.15, -0.1) is 0 Å². The summed E-state index contributed by atoms with van der Waals surface area (Å²) in [5, 5.41) is 10.2. The van der Waals surface area contributed by atoms with E-state index in [1.807, 2.05) is 0 Å². The van der Waals surface area contributed by atoms with Crippen LogP contribution < -0.4 is 0 Å². The van der Waals surface area contributed by atoms with E-state index in [-0.39, 0.29) is 0 Å². The Balaban J connectivity index is 1.52. The lowest BCUT2D eigenvalue weighted by atomic mass is 9.84. The second-order valence-corrected chi connectivity index (χ2v) is 10.5. The van der Waals surface area contributed by atoms with Crippen LogP contribution in [0.1, 0.15) is 0 Å². The molecule has 0 N–H and O–H groups in total. The monoisotopic (exact) mass is 506 g/mol. The first-order valence-electron chi connectivity index (χ1n) is 13.9. The summed E-state index contributed by atoms with van der Waals surface area (Å²) in [5.74, 6) is 0. The first kappa shape index (κ1) is 22.8. The maximum absolute atomic E-state index is 2.38. The lowest BCUT2D eigenvalue weighted by molar-refractivity contribution is 1.59. The molecule has 8 rings (SSSR count). The van der Waals surface area contributed by atoms with Gasteiger partial charge >= 0.3 is 0 Å². The highest BCUT2D eigenvalue weighted by Crippen LogP contribution is 2.45. The van der Waals surface area contributed by atoms with Gasteiger partial charge in [0.25, 0.3) is 0 Å². The minimum atomic E-state index is 1.23. The smallest absolute Gasteiger partial charge is 0.00201 e. The predicted octanol–water partition coefficient (Wildman–Crippen LogP) is 11.3. The van der Waals surface area contributed by atoms with Gasteiger partial charge in [0, 0.05) is 0 Å². The Morgan fingerprint density at radius 2 is 0.875 bits per heavy atom. The fourth-order valence-corrected chi connectivity index (χ4v) is 6.37. The highest BCUT2D eigenvalue weighted by atomic mass is 14.2. The molecule has 40 heavy (non-hydrogen) atoms. The van der Waals surface area contributed by atoms with Gasteiger partial charge in [0.1, 0.15) is 0 Å².